The Morgan fingerprint density at radius 2 is 1.41 bits per heavy atom. The Hall–Kier alpha value is -5.83. The molecule has 256 valence electrons. The normalized spacial score (nSPS) is 26.8. The highest BCUT2D eigenvalue weighted by Crippen LogP contribution is 2.65. The van der Waals surface area contributed by atoms with Gasteiger partial charge in [-0.3, -0.25) is 28.9 Å². The largest absolute Gasteiger partial charge is 0.504 e. The zero-order valence-corrected chi connectivity index (χ0v) is 28.2. The lowest BCUT2D eigenvalue weighted by Gasteiger charge is -2.49. The van der Waals surface area contributed by atoms with Gasteiger partial charge in [0.15, 0.2) is 17.3 Å². The average Bonchev–Trinajstić information content (AvgIpc) is 3.52. The Morgan fingerprint density at radius 1 is 0.765 bits per heavy atom. The van der Waals surface area contributed by atoms with Gasteiger partial charge in [0.2, 0.25) is 23.6 Å². The summed E-state index contributed by atoms with van der Waals surface area (Å²) in [6, 6.07) is 29.3. The van der Waals surface area contributed by atoms with Gasteiger partial charge in [-0.05, 0) is 75.1 Å². The van der Waals surface area contributed by atoms with Crippen molar-refractivity contribution in [3.8, 4) is 11.5 Å². The number of nitrogens with zero attached hydrogens (tertiary/aromatic N) is 2. The maximum absolute atomic E-state index is 14.6. The van der Waals surface area contributed by atoms with Gasteiger partial charge in [0, 0.05) is 22.6 Å². The molecule has 4 aromatic carbocycles. The van der Waals surface area contributed by atoms with Gasteiger partial charge in [-0.25, -0.2) is 4.90 Å². The average molecular weight is 681 g/mol. The van der Waals surface area contributed by atoms with Gasteiger partial charge >= 0.3 is 0 Å². The lowest BCUT2D eigenvalue weighted by molar-refractivity contribution is -0.131. The van der Waals surface area contributed by atoms with Crippen molar-refractivity contribution in [2.24, 2.45) is 29.1 Å². The number of carbonyl (C=O) groups excluding carboxylic acids is 5. The van der Waals surface area contributed by atoms with Crippen LogP contribution in [0.2, 0.25) is 0 Å². The van der Waals surface area contributed by atoms with Crippen LogP contribution in [0.25, 0.3) is 0 Å². The van der Waals surface area contributed by atoms with Crippen LogP contribution in [-0.2, 0) is 19.2 Å². The van der Waals surface area contributed by atoms with Crippen molar-refractivity contribution in [3.63, 3.8) is 0 Å². The third-order valence-electron chi connectivity index (χ3n) is 11.4. The smallest absolute Gasteiger partial charge is 0.241 e. The molecule has 6 atom stereocenters. The SMILES string of the molecule is CCOc1cccc(C2C3=CCC4C(=O)N(c5ccc(C(=O)c6ccccc6)cc5)C(=O)C4C3CC3C(=O)N(c4ccccc4)C(=O)C32C)c1O. The van der Waals surface area contributed by atoms with Crippen LogP contribution in [0.3, 0.4) is 0 Å². The summed E-state index contributed by atoms with van der Waals surface area (Å²) >= 11 is 0. The number of allylic oxidation sites excluding steroid dienone is 2. The Balaban J connectivity index is 1.19. The van der Waals surface area contributed by atoms with E-state index in [4.69, 9.17) is 4.74 Å². The summed E-state index contributed by atoms with van der Waals surface area (Å²) in [7, 11) is 0. The summed E-state index contributed by atoms with van der Waals surface area (Å²) < 4.78 is 5.74. The second-order valence-corrected chi connectivity index (χ2v) is 13.9. The Labute approximate surface area is 295 Å². The molecule has 0 aromatic heterocycles. The first-order valence-electron chi connectivity index (χ1n) is 17.3. The van der Waals surface area contributed by atoms with Crippen LogP contribution in [0.1, 0.15) is 54.1 Å². The number of amides is 4. The van der Waals surface area contributed by atoms with Crippen molar-refractivity contribution >= 4 is 40.8 Å². The van der Waals surface area contributed by atoms with Crippen LogP contribution in [-0.4, -0.2) is 41.1 Å². The summed E-state index contributed by atoms with van der Waals surface area (Å²) in [5.41, 5.74) is 1.69. The second kappa shape index (κ2) is 12.2. The topological polar surface area (TPSA) is 121 Å². The van der Waals surface area contributed by atoms with Crippen LogP contribution in [0.4, 0.5) is 11.4 Å². The summed E-state index contributed by atoms with van der Waals surface area (Å²) in [5.74, 6) is -5.08. The number of phenolic OH excluding ortho intramolecular Hbond substituents is 1. The molecular formula is C42H36N2O7. The quantitative estimate of drug-likeness (QED) is 0.135. The number of fused-ring (bicyclic) bond motifs is 4. The molecule has 2 saturated heterocycles. The van der Waals surface area contributed by atoms with Gasteiger partial charge in [-0.15, -0.1) is 0 Å². The summed E-state index contributed by atoms with van der Waals surface area (Å²) in [4.78, 5) is 73.0. The third-order valence-corrected chi connectivity index (χ3v) is 11.4. The van der Waals surface area contributed by atoms with Gasteiger partial charge in [0.25, 0.3) is 0 Å². The van der Waals surface area contributed by atoms with Gasteiger partial charge < -0.3 is 9.84 Å². The maximum Gasteiger partial charge on any atom is 0.241 e. The fourth-order valence-corrected chi connectivity index (χ4v) is 9.00. The minimum Gasteiger partial charge on any atom is -0.504 e. The molecule has 6 unspecified atom stereocenters. The summed E-state index contributed by atoms with van der Waals surface area (Å²) in [6.45, 7) is 3.90. The molecule has 3 fully saturated rings. The molecule has 2 aliphatic carbocycles. The molecule has 1 saturated carbocycles. The molecule has 4 amide bonds. The van der Waals surface area contributed by atoms with Gasteiger partial charge in [0.05, 0.1) is 41.2 Å². The molecule has 0 spiro atoms. The molecule has 4 aromatic rings. The van der Waals surface area contributed by atoms with Gasteiger partial charge in [0.1, 0.15) is 0 Å². The molecule has 9 nitrogen and oxygen atoms in total. The van der Waals surface area contributed by atoms with Crippen LogP contribution in [0.5, 0.6) is 11.5 Å². The van der Waals surface area contributed by atoms with Crippen molar-refractivity contribution in [3.05, 3.63) is 131 Å². The number of benzene rings is 4. The standard InChI is InChI=1S/C42H36N2O7/c1-3-51-33-16-10-15-30(37(33)46)35-28-21-22-29-34(31(28)23-32-39(48)44(41(50)42(32,35)2)26-13-8-5-9-14-26)40(49)43(38(29)47)27-19-17-25(18-20-27)36(45)24-11-6-4-7-12-24/h4-21,29,31-32,34-35,46H,3,22-23H2,1-2H3. The predicted molar refractivity (Wildman–Crippen MR) is 189 cm³/mol. The number of ether oxygens (including phenoxy) is 1. The molecule has 4 aliphatic rings. The van der Waals surface area contributed by atoms with Crippen molar-refractivity contribution in [2.45, 2.75) is 32.6 Å². The second-order valence-electron chi connectivity index (χ2n) is 13.9. The first-order chi connectivity index (χ1) is 24.7. The van der Waals surface area contributed by atoms with Gasteiger partial charge in [-0.2, -0.15) is 0 Å². The van der Waals surface area contributed by atoms with Crippen LogP contribution in [0, 0.1) is 29.1 Å². The number of phenols is 1. The summed E-state index contributed by atoms with van der Waals surface area (Å²) in [5, 5.41) is 11.6. The first-order valence-corrected chi connectivity index (χ1v) is 17.3. The van der Waals surface area contributed by atoms with E-state index < -0.39 is 35.0 Å². The molecular weight excluding hydrogens is 644 g/mol. The third kappa shape index (κ3) is 4.78. The van der Waals surface area contributed by atoms with Crippen molar-refractivity contribution in [1.29, 1.82) is 0 Å². The van der Waals surface area contributed by atoms with Crippen molar-refractivity contribution in [2.75, 3.05) is 16.4 Å². The zero-order valence-electron chi connectivity index (χ0n) is 28.2. The molecule has 2 heterocycles. The number of rotatable bonds is 7. The monoisotopic (exact) mass is 680 g/mol. The molecule has 9 heteroatoms. The highest BCUT2D eigenvalue weighted by molar-refractivity contribution is 6.25. The Bertz CT molecular complexity index is 2130. The number of ketones is 1. The first kappa shape index (κ1) is 32.4. The predicted octanol–water partition coefficient (Wildman–Crippen LogP) is 6.46. The van der Waals surface area contributed by atoms with Gasteiger partial charge in [-0.1, -0.05) is 72.3 Å². The Kier molecular flexibility index (Phi) is 7.74. The number of anilines is 2. The molecule has 2 aliphatic heterocycles. The molecule has 8 rings (SSSR count). The van der Waals surface area contributed by atoms with E-state index in [0.717, 1.165) is 5.57 Å². The van der Waals surface area contributed by atoms with Crippen LogP contribution >= 0.6 is 0 Å². The number of hydrogen-bond acceptors (Lipinski definition) is 7. The Morgan fingerprint density at radius 3 is 2.10 bits per heavy atom. The maximum atomic E-state index is 14.6. The molecule has 0 bridgehead atoms. The summed E-state index contributed by atoms with van der Waals surface area (Å²) in [6.07, 6.45) is 2.40. The van der Waals surface area contributed by atoms with Crippen LogP contribution in [0.15, 0.2) is 115 Å². The van der Waals surface area contributed by atoms with E-state index in [0.29, 0.717) is 34.7 Å². The van der Waals surface area contributed by atoms with Crippen molar-refractivity contribution < 1.29 is 33.8 Å². The minimum absolute atomic E-state index is 0.119. The number of aromatic hydroxyl groups is 1. The fraction of sp³-hybridized carbons (Fsp3) is 0.262. The number of para-hydroxylation sites is 2. The van der Waals surface area contributed by atoms with E-state index in [-0.39, 0.29) is 53.8 Å². The molecule has 1 N–H and O–H groups in total. The highest BCUT2D eigenvalue weighted by atomic mass is 16.5. The number of carbonyl (C=O) groups is 5. The van der Waals surface area contributed by atoms with E-state index in [1.807, 2.05) is 25.1 Å². The number of hydrogen-bond donors (Lipinski definition) is 1. The van der Waals surface area contributed by atoms with E-state index in [1.54, 1.807) is 97.9 Å². The van der Waals surface area contributed by atoms with E-state index in [9.17, 15) is 29.1 Å². The van der Waals surface area contributed by atoms with Crippen molar-refractivity contribution in [1.82, 2.24) is 0 Å². The zero-order chi connectivity index (χ0) is 35.6. The van der Waals surface area contributed by atoms with E-state index in [2.05, 4.69) is 0 Å². The number of imide groups is 2. The highest BCUT2D eigenvalue weighted by Gasteiger charge is 2.68. The fourth-order valence-electron chi connectivity index (χ4n) is 9.00. The lowest BCUT2D eigenvalue weighted by atomic mass is 9.51. The van der Waals surface area contributed by atoms with Crippen LogP contribution < -0.4 is 14.5 Å². The van der Waals surface area contributed by atoms with E-state index >= 15 is 0 Å². The van der Waals surface area contributed by atoms with E-state index in [1.165, 1.54) is 9.80 Å². The molecule has 51 heavy (non-hydrogen) atoms. The minimum atomic E-state index is -1.29. The molecule has 0 radical (unpaired) electrons. The lowest BCUT2D eigenvalue weighted by Crippen LogP contribution is -2.48.